The van der Waals surface area contributed by atoms with Crippen LogP contribution in [0.2, 0.25) is 0 Å². The summed E-state index contributed by atoms with van der Waals surface area (Å²) in [6, 6.07) is 3.65. The SMILES string of the molecule is [C-]#[N+]c1ccc(CNC(=O)[C@@H]2CCCN(C(=O)C3(CC(=O)C(C)(C)C)CC3)C2)c(OC(F)(F)F)c1. The lowest BCUT2D eigenvalue weighted by Gasteiger charge is -2.35. The van der Waals surface area contributed by atoms with Crippen molar-refractivity contribution >= 4 is 23.3 Å². The smallest absolute Gasteiger partial charge is 0.407 e. The van der Waals surface area contributed by atoms with Crippen molar-refractivity contribution in [1.29, 1.82) is 0 Å². The van der Waals surface area contributed by atoms with Crippen LogP contribution in [0.1, 0.15) is 58.4 Å². The lowest BCUT2D eigenvalue weighted by atomic mass is 9.83. The molecule has 35 heavy (non-hydrogen) atoms. The summed E-state index contributed by atoms with van der Waals surface area (Å²) in [6.45, 7) is 13.0. The molecule has 0 bridgehead atoms. The maximum atomic E-state index is 13.2. The van der Waals surface area contributed by atoms with Crippen LogP contribution in [0.25, 0.3) is 4.85 Å². The van der Waals surface area contributed by atoms with E-state index in [1.54, 1.807) is 4.90 Å². The zero-order chi connectivity index (χ0) is 26.0. The summed E-state index contributed by atoms with van der Waals surface area (Å²) >= 11 is 0. The first-order valence-corrected chi connectivity index (χ1v) is 11.6. The van der Waals surface area contributed by atoms with Crippen molar-refractivity contribution in [3.05, 3.63) is 35.2 Å². The molecule has 10 heteroatoms. The van der Waals surface area contributed by atoms with Gasteiger partial charge in [0.15, 0.2) is 5.69 Å². The third-order valence-electron chi connectivity index (χ3n) is 6.58. The van der Waals surface area contributed by atoms with Crippen molar-refractivity contribution in [2.24, 2.45) is 16.7 Å². The maximum Gasteiger partial charge on any atom is 0.573 e. The molecular weight excluding hydrogens is 463 g/mol. The van der Waals surface area contributed by atoms with E-state index >= 15 is 0 Å². The number of alkyl halides is 3. The number of ketones is 1. The van der Waals surface area contributed by atoms with Crippen molar-refractivity contribution in [1.82, 2.24) is 10.2 Å². The molecule has 1 aromatic carbocycles. The molecule has 190 valence electrons. The topological polar surface area (TPSA) is 80.1 Å². The van der Waals surface area contributed by atoms with Gasteiger partial charge in [0.05, 0.1) is 17.9 Å². The lowest BCUT2D eigenvalue weighted by Crippen LogP contribution is -2.48. The van der Waals surface area contributed by atoms with Crippen LogP contribution in [0.3, 0.4) is 0 Å². The van der Waals surface area contributed by atoms with Gasteiger partial charge in [0.2, 0.25) is 11.8 Å². The van der Waals surface area contributed by atoms with Crippen LogP contribution in [0, 0.1) is 23.3 Å². The summed E-state index contributed by atoms with van der Waals surface area (Å²) in [5.74, 6) is -1.47. The molecule has 2 aliphatic rings. The molecule has 2 fully saturated rings. The molecule has 0 aromatic heterocycles. The molecule has 2 amide bonds. The van der Waals surface area contributed by atoms with Gasteiger partial charge >= 0.3 is 6.36 Å². The first-order valence-electron chi connectivity index (χ1n) is 11.6. The number of hydrogen-bond donors (Lipinski definition) is 1. The number of carbonyl (C=O) groups is 3. The average Bonchev–Trinajstić information content (AvgIpc) is 3.56. The highest BCUT2D eigenvalue weighted by Crippen LogP contribution is 2.52. The molecule has 0 spiro atoms. The summed E-state index contributed by atoms with van der Waals surface area (Å²) in [6.07, 6.45) is -2.25. The third-order valence-corrected chi connectivity index (χ3v) is 6.58. The minimum Gasteiger partial charge on any atom is -0.407 e. The predicted octanol–water partition coefficient (Wildman–Crippen LogP) is 4.78. The van der Waals surface area contributed by atoms with Gasteiger partial charge in [-0.1, -0.05) is 32.9 Å². The van der Waals surface area contributed by atoms with Crippen molar-refractivity contribution in [2.45, 2.75) is 65.8 Å². The van der Waals surface area contributed by atoms with Crippen molar-refractivity contribution in [3.8, 4) is 5.75 Å². The lowest BCUT2D eigenvalue weighted by molar-refractivity contribution is -0.274. The Balaban J connectivity index is 1.62. The van der Waals surface area contributed by atoms with E-state index in [0.29, 0.717) is 32.2 Å². The van der Waals surface area contributed by atoms with Gasteiger partial charge in [-0.3, -0.25) is 14.4 Å². The number of amides is 2. The Hall–Kier alpha value is -3.09. The summed E-state index contributed by atoms with van der Waals surface area (Å²) < 4.78 is 42.3. The van der Waals surface area contributed by atoms with Gasteiger partial charge < -0.3 is 15.0 Å². The second-order valence-corrected chi connectivity index (χ2v) is 10.4. The predicted molar refractivity (Wildman–Crippen MR) is 121 cm³/mol. The van der Waals surface area contributed by atoms with Gasteiger partial charge in [0.1, 0.15) is 11.5 Å². The number of halogens is 3. The fourth-order valence-electron chi connectivity index (χ4n) is 4.21. The zero-order valence-corrected chi connectivity index (χ0v) is 20.1. The number of ether oxygens (including phenoxy) is 1. The summed E-state index contributed by atoms with van der Waals surface area (Å²) in [5.41, 5.74) is -1.12. The van der Waals surface area contributed by atoms with Gasteiger partial charge in [-0.2, -0.15) is 0 Å². The molecular formula is C25H30F3N3O4. The third kappa shape index (κ3) is 6.74. The van der Waals surface area contributed by atoms with E-state index in [1.165, 1.54) is 12.1 Å². The highest BCUT2D eigenvalue weighted by molar-refractivity contribution is 5.94. The minimum atomic E-state index is -4.93. The number of benzene rings is 1. The van der Waals surface area contributed by atoms with Crippen LogP contribution in [0.4, 0.5) is 18.9 Å². The van der Waals surface area contributed by atoms with Gasteiger partial charge in [-0.05, 0) is 31.7 Å². The van der Waals surface area contributed by atoms with Gasteiger partial charge in [-0.15, -0.1) is 13.2 Å². The van der Waals surface area contributed by atoms with Gasteiger partial charge in [0.25, 0.3) is 0 Å². The Morgan fingerprint density at radius 2 is 1.91 bits per heavy atom. The Morgan fingerprint density at radius 1 is 1.23 bits per heavy atom. The Morgan fingerprint density at radius 3 is 2.49 bits per heavy atom. The van der Waals surface area contributed by atoms with E-state index in [9.17, 15) is 27.6 Å². The van der Waals surface area contributed by atoms with Gasteiger partial charge in [0, 0.05) is 37.0 Å². The average molecular weight is 494 g/mol. The van der Waals surface area contributed by atoms with Crippen LogP contribution >= 0.6 is 0 Å². The molecule has 7 nitrogen and oxygen atoms in total. The highest BCUT2D eigenvalue weighted by atomic mass is 19.4. The minimum absolute atomic E-state index is 0.0142. The van der Waals surface area contributed by atoms with E-state index in [2.05, 4.69) is 14.9 Å². The molecule has 1 heterocycles. The number of nitrogens with one attached hydrogen (secondary N) is 1. The molecule has 1 atom stereocenters. The number of nitrogens with zero attached hydrogens (tertiary/aromatic N) is 2. The fraction of sp³-hybridized carbons (Fsp3) is 0.600. The van der Waals surface area contributed by atoms with Crippen LogP contribution < -0.4 is 10.1 Å². The highest BCUT2D eigenvalue weighted by Gasteiger charge is 2.54. The van der Waals surface area contributed by atoms with Crippen LogP contribution in [0.5, 0.6) is 5.75 Å². The van der Waals surface area contributed by atoms with Crippen molar-refractivity contribution in [2.75, 3.05) is 13.1 Å². The summed E-state index contributed by atoms with van der Waals surface area (Å²) in [4.78, 5) is 43.3. The molecule has 1 aliphatic heterocycles. The van der Waals surface area contributed by atoms with E-state index < -0.39 is 28.9 Å². The number of rotatable bonds is 7. The van der Waals surface area contributed by atoms with E-state index in [1.807, 2.05) is 20.8 Å². The molecule has 1 saturated heterocycles. The monoisotopic (exact) mass is 493 g/mol. The molecule has 0 radical (unpaired) electrons. The fourth-order valence-corrected chi connectivity index (χ4v) is 4.21. The molecule has 1 saturated carbocycles. The molecule has 1 aromatic rings. The Bertz CT molecular complexity index is 1040. The van der Waals surface area contributed by atoms with Crippen LogP contribution in [-0.4, -0.2) is 41.9 Å². The first kappa shape index (κ1) is 26.5. The molecule has 3 rings (SSSR count). The normalized spacial score (nSPS) is 19.5. The number of hydrogen-bond acceptors (Lipinski definition) is 4. The van der Waals surface area contributed by atoms with Crippen LogP contribution in [-0.2, 0) is 20.9 Å². The Kier molecular flexibility index (Phi) is 7.48. The number of Topliss-reactive ketones (excluding diaryl/α,β-unsaturated/α-hetero) is 1. The van der Waals surface area contributed by atoms with Crippen molar-refractivity contribution in [3.63, 3.8) is 0 Å². The number of likely N-dealkylation sites (tertiary alicyclic amines) is 1. The van der Waals surface area contributed by atoms with Crippen molar-refractivity contribution < 1.29 is 32.3 Å². The quantitative estimate of drug-likeness (QED) is 0.555. The Labute approximate surface area is 202 Å². The van der Waals surface area contributed by atoms with E-state index in [-0.39, 0.29) is 48.4 Å². The maximum absolute atomic E-state index is 13.2. The second-order valence-electron chi connectivity index (χ2n) is 10.4. The second kappa shape index (κ2) is 9.88. The molecule has 1 N–H and O–H groups in total. The largest absolute Gasteiger partial charge is 0.573 e. The summed E-state index contributed by atoms with van der Waals surface area (Å²) in [7, 11) is 0. The number of piperidine rings is 1. The zero-order valence-electron chi connectivity index (χ0n) is 20.1. The van der Waals surface area contributed by atoms with E-state index in [0.717, 1.165) is 6.07 Å². The van der Waals surface area contributed by atoms with Crippen LogP contribution in [0.15, 0.2) is 18.2 Å². The standard InChI is InChI=1S/C25H30F3N3O4/c1-23(2,3)20(32)13-24(9-10-24)22(34)31-11-5-6-17(15-31)21(33)30-14-16-7-8-18(29-4)12-19(16)35-25(26,27)28/h7-8,12,17H,5-6,9-11,13-15H2,1-3H3,(H,30,33)/t17-/m1/s1. The molecule has 1 aliphatic carbocycles. The molecule has 0 unspecified atom stereocenters. The summed E-state index contributed by atoms with van der Waals surface area (Å²) in [5, 5.41) is 2.64. The van der Waals surface area contributed by atoms with E-state index in [4.69, 9.17) is 6.57 Å². The van der Waals surface area contributed by atoms with Gasteiger partial charge in [-0.25, -0.2) is 4.85 Å². The number of carbonyl (C=O) groups excluding carboxylic acids is 3. The first-order chi connectivity index (χ1) is 16.2.